The Morgan fingerprint density at radius 3 is 2.54 bits per heavy atom. The van der Waals surface area contributed by atoms with Gasteiger partial charge in [0.15, 0.2) is 0 Å². The number of hydrogen-bond donors (Lipinski definition) is 0. The molecule has 0 spiro atoms. The summed E-state index contributed by atoms with van der Waals surface area (Å²) >= 11 is 1.03. The molecule has 4 nitrogen and oxygen atoms in total. The fraction of sp³-hybridized carbons (Fsp3) is 0.333. The number of rotatable bonds is 4. The molecule has 1 saturated heterocycles. The van der Waals surface area contributed by atoms with E-state index in [1.165, 1.54) is 16.0 Å². The maximum Gasteiger partial charge on any atom is 0.293 e. The van der Waals surface area contributed by atoms with Crippen molar-refractivity contribution in [2.45, 2.75) is 41.0 Å². The Morgan fingerprint density at radius 2 is 1.85 bits per heavy atom. The molecule has 0 saturated carbocycles. The highest BCUT2D eigenvalue weighted by Crippen LogP contribution is 2.34. The standard InChI is InChI=1S/C21H24N2O2S/c1-6-10-22-20(24)19(26-21(22)25)12-17-11-14(3)23(16(17)5)18-9-7-8-13(2)15(18)4/h7-9,11-12H,6,10H2,1-5H3/b19-12+. The molecule has 0 bridgehead atoms. The van der Waals surface area contributed by atoms with Crippen LogP contribution in [0.15, 0.2) is 29.2 Å². The summed E-state index contributed by atoms with van der Waals surface area (Å²) in [7, 11) is 0. The maximum atomic E-state index is 12.5. The zero-order chi connectivity index (χ0) is 19.0. The Morgan fingerprint density at radius 1 is 1.12 bits per heavy atom. The minimum atomic E-state index is -0.182. The Hall–Kier alpha value is -2.27. The molecule has 3 rings (SSSR count). The lowest BCUT2D eigenvalue weighted by atomic mass is 10.1. The van der Waals surface area contributed by atoms with Crippen LogP contribution in [-0.2, 0) is 4.79 Å². The number of hydrogen-bond acceptors (Lipinski definition) is 3. The van der Waals surface area contributed by atoms with E-state index in [-0.39, 0.29) is 11.1 Å². The van der Waals surface area contributed by atoms with Crippen LogP contribution in [0.4, 0.5) is 4.79 Å². The summed E-state index contributed by atoms with van der Waals surface area (Å²) in [6.07, 6.45) is 2.62. The minimum absolute atomic E-state index is 0.175. The van der Waals surface area contributed by atoms with Crippen molar-refractivity contribution in [3.8, 4) is 5.69 Å². The van der Waals surface area contributed by atoms with Crippen molar-refractivity contribution >= 4 is 29.0 Å². The molecule has 0 radical (unpaired) electrons. The monoisotopic (exact) mass is 368 g/mol. The number of benzene rings is 1. The van der Waals surface area contributed by atoms with Gasteiger partial charge in [0.05, 0.1) is 4.91 Å². The van der Waals surface area contributed by atoms with Crippen molar-refractivity contribution in [2.75, 3.05) is 6.54 Å². The van der Waals surface area contributed by atoms with E-state index < -0.39 is 0 Å². The summed E-state index contributed by atoms with van der Waals surface area (Å²) in [5.41, 5.74) is 6.79. The molecule has 0 unspecified atom stereocenters. The van der Waals surface area contributed by atoms with Crippen LogP contribution in [-0.4, -0.2) is 27.2 Å². The van der Waals surface area contributed by atoms with Crippen molar-refractivity contribution < 1.29 is 9.59 Å². The average Bonchev–Trinajstić information content (AvgIpc) is 3.01. The number of imide groups is 1. The highest BCUT2D eigenvalue weighted by Gasteiger charge is 2.34. The fourth-order valence-corrected chi connectivity index (χ4v) is 4.20. The smallest absolute Gasteiger partial charge is 0.293 e. The molecule has 1 aromatic carbocycles. The number of carbonyl (C=O) groups excluding carboxylic acids is 2. The van der Waals surface area contributed by atoms with Crippen LogP contribution in [0, 0.1) is 27.7 Å². The second kappa shape index (κ2) is 7.16. The Balaban J connectivity index is 2.03. The molecule has 2 amide bonds. The molecular formula is C21H24N2O2S. The number of carbonyl (C=O) groups is 2. The van der Waals surface area contributed by atoms with Crippen LogP contribution < -0.4 is 0 Å². The van der Waals surface area contributed by atoms with Crippen molar-refractivity contribution in [1.82, 2.24) is 9.47 Å². The number of amides is 2. The van der Waals surface area contributed by atoms with Gasteiger partial charge in [0.2, 0.25) is 0 Å². The van der Waals surface area contributed by atoms with E-state index in [2.05, 4.69) is 56.5 Å². The van der Waals surface area contributed by atoms with E-state index in [1.807, 2.05) is 13.0 Å². The number of aromatic nitrogens is 1. The zero-order valence-corrected chi connectivity index (χ0v) is 16.7. The van der Waals surface area contributed by atoms with E-state index >= 15 is 0 Å². The Bertz CT molecular complexity index is 924. The van der Waals surface area contributed by atoms with Crippen molar-refractivity contribution in [3.05, 3.63) is 57.2 Å². The maximum absolute atomic E-state index is 12.5. The lowest BCUT2D eigenvalue weighted by Crippen LogP contribution is -2.28. The molecule has 2 aromatic rings. The first-order valence-corrected chi connectivity index (χ1v) is 9.67. The first-order chi connectivity index (χ1) is 12.3. The summed E-state index contributed by atoms with van der Waals surface area (Å²) < 4.78 is 2.21. The van der Waals surface area contributed by atoms with Gasteiger partial charge in [0.1, 0.15) is 0 Å². The van der Waals surface area contributed by atoms with E-state index in [4.69, 9.17) is 0 Å². The largest absolute Gasteiger partial charge is 0.318 e. The lowest BCUT2D eigenvalue weighted by molar-refractivity contribution is -0.122. The first kappa shape index (κ1) is 18.5. The van der Waals surface area contributed by atoms with Crippen LogP contribution in [0.1, 0.15) is 41.4 Å². The van der Waals surface area contributed by atoms with Gasteiger partial charge in [-0.25, -0.2) is 0 Å². The molecular weight excluding hydrogens is 344 g/mol. The molecule has 26 heavy (non-hydrogen) atoms. The summed E-state index contributed by atoms with van der Waals surface area (Å²) in [5.74, 6) is -0.182. The minimum Gasteiger partial charge on any atom is -0.318 e. The second-order valence-electron chi connectivity index (χ2n) is 6.71. The van der Waals surface area contributed by atoms with Gasteiger partial charge in [0, 0.05) is 23.6 Å². The van der Waals surface area contributed by atoms with Crippen LogP contribution in [0.2, 0.25) is 0 Å². The molecule has 5 heteroatoms. The highest BCUT2D eigenvalue weighted by molar-refractivity contribution is 8.18. The van der Waals surface area contributed by atoms with E-state index in [9.17, 15) is 9.59 Å². The molecule has 1 aliphatic rings. The van der Waals surface area contributed by atoms with Crippen molar-refractivity contribution in [2.24, 2.45) is 0 Å². The average molecular weight is 369 g/mol. The fourth-order valence-electron chi connectivity index (χ4n) is 3.34. The molecule has 1 aliphatic heterocycles. The summed E-state index contributed by atoms with van der Waals surface area (Å²) in [4.78, 5) is 26.4. The highest BCUT2D eigenvalue weighted by atomic mass is 32.2. The number of aryl methyl sites for hydroxylation is 2. The third kappa shape index (κ3) is 3.12. The van der Waals surface area contributed by atoms with Gasteiger partial charge < -0.3 is 4.57 Å². The normalized spacial score (nSPS) is 16.2. The summed E-state index contributed by atoms with van der Waals surface area (Å²) in [6.45, 7) is 10.8. The number of thioether (sulfide) groups is 1. The zero-order valence-electron chi connectivity index (χ0n) is 15.9. The van der Waals surface area contributed by atoms with Gasteiger partial charge in [-0.2, -0.15) is 0 Å². The summed E-state index contributed by atoms with van der Waals surface area (Å²) in [6, 6.07) is 8.36. The van der Waals surface area contributed by atoms with Gasteiger partial charge >= 0.3 is 0 Å². The molecule has 136 valence electrons. The first-order valence-electron chi connectivity index (χ1n) is 8.86. The molecule has 2 heterocycles. The second-order valence-corrected chi connectivity index (χ2v) is 7.71. The molecule has 0 aliphatic carbocycles. The SMILES string of the molecule is CCCN1C(=O)S/C(=C/c2cc(C)n(-c3cccc(C)c3C)c2C)C1=O. The molecule has 0 atom stereocenters. The van der Waals surface area contributed by atoms with Crippen molar-refractivity contribution in [1.29, 1.82) is 0 Å². The third-order valence-electron chi connectivity index (χ3n) is 4.89. The molecule has 1 aromatic heterocycles. The van der Waals surface area contributed by atoms with E-state index in [0.29, 0.717) is 11.4 Å². The predicted molar refractivity (Wildman–Crippen MR) is 108 cm³/mol. The topological polar surface area (TPSA) is 42.3 Å². The van der Waals surface area contributed by atoms with Gasteiger partial charge in [0.25, 0.3) is 11.1 Å². The van der Waals surface area contributed by atoms with Crippen LogP contribution >= 0.6 is 11.8 Å². The molecule has 1 fully saturated rings. The predicted octanol–water partition coefficient (Wildman–Crippen LogP) is 5.16. The van der Waals surface area contributed by atoms with Crippen LogP contribution in [0.5, 0.6) is 0 Å². The molecule has 0 N–H and O–H groups in total. The van der Waals surface area contributed by atoms with Gasteiger partial charge in [-0.3, -0.25) is 14.5 Å². The van der Waals surface area contributed by atoms with Crippen LogP contribution in [0.25, 0.3) is 11.8 Å². The van der Waals surface area contributed by atoms with Crippen molar-refractivity contribution in [3.63, 3.8) is 0 Å². The quantitative estimate of drug-likeness (QED) is 0.700. The van der Waals surface area contributed by atoms with Gasteiger partial charge in [-0.15, -0.1) is 0 Å². The van der Waals surface area contributed by atoms with Crippen LogP contribution in [0.3, 0.4) is 0 Å². The lowest BCUT2D eigenvalue weighted by Gasteiger charge is -2.14. The Labute approximate surface area is 158 Å². The van der Waals surface area contributed by atoms with E-state index in [0.717, 1.165) is 40.8 Å². The third-order valence-corrected chi connectivity index (χ3v) is 5.80. The van der Waals surface area contributed by atoms with Gasteiger partial charge in [-0.1, -0.05) is 19.1 Å². The summed E-state index contributed by atoms with van der Waals surface area (Å²) in [5, 5.41) is -0.175. The Kier molecular flexibility index (Phi) is 5.10. The van der Waals surface area contributed by atoms with Gasteiger partial charge in [-0.05, 0) is 80.8 Å². The number of nitrogens with zero attached hydrogens (tertiary/aromatic N) is 2. The van der Waals surface area contributed by atoms with E-state index in [1.54, 1.807) is 0 Å².